The van der Waals surface area contributed by atoms with Gasteiger partial charge < -0.3 is 14.7 Å². The number of hydrogen-bond acceptors (Lipinski definition) is 6. The van der Waals surface area contributed by atoms with Gasteiger partial charge in [0.2, 0.25) is 17.6 Å². The molecule has 3 heterocycles. The fourth-order valence-electron chi connectivity index (χ4n) is 5.11. The van der Waals surface area contributed by atoms with E-state index in [9.17, 15) is 9.59 Å². The van der Waals surface area contributed by atoms with Crippen molar-refractivity contribution in [2.75, 3.05) is 31.5 Å². The summed E-state index contributed by atoms with van der Waals surface area (Å²) in [5.74, 6) is 0.900. The maximum Gasteiger partial charge on any atom is 0.255 e. The largest absolute Gasteiger partial charge is 0.339 e. The number of benzene rings is 2. The molecule has 2 aliphatic rings. The lowest BCUT2D eigenvalue weighted by atomic mass is 9.96. The summed E-state index contributed by atoms with van der Waals surface area (Å²) in [6, 6.07) is 15.3. The summed E-state index contributed by atoms with van der Waals surface area (Å²) in [6.45, 7) is 5.57. The Balaban J connectivity index is 1.21. The van der Waals surface area contributed by atoms with E-state index in [2.05, 4.69) is 20.4 Å². The number of nitrogens with zero attached hydrogens (tertiary/aromatic N) is 4. The van der Waals surface area contributed by atoms with Crippen LogP contribution in [0.4, 0.5) is 5.69 Å². The van der Waals surface area contributed by atoms with Crippen LogP contribution in [-0.2, 0) is 11.3 Å². The first-order valence-corrected chi connectivity index (χ1v) is 12.9. The highest BCUT2D eigenvalue weighted by molar-refractivity contribution is 6.04. The minimum atomic E-state index is -0.170. The molecule has 1 atom stereocenters. The van der Waals surface area contributed by atoms with Crippen LogP contribution in [0.25, 0.3) is 11.4 Å². The summed E-state index contributed by atoms with van der Waals surface area (Å²) < 4.78 is 5.51. The van der Waals surface area contributed by atoms with Crippen molar-refractivity contribution in [1.82, 2.24) is 19.9 Å². The molecule has 8 heteroatoms. The Morgan fingerprint density at radius 1 is 1.03 bits per heavy atom. The lowest BCUT2D eigenvalue weighted by Gasteiger charge is -2.31. The third kappa shape index (κ3) is 5.65. The van der Waals surface area contributed by atoms with Gasteiger partial charge in [0.25, 0.3) is 5.91 Å². The second-order valence-corrected chi connectivity index (χ2v) is 9.84. The third-order valence-electron chi connectivity index (χ3n) is 7.04. The number of aromatic nitrogens is 2. The van der Waals surface area contributed by atoms with Gasteiger partial charge in [0, 0.05) is 25.2 Å². The Bertz CT molecular complexity index is 1220. The molecule has 188 valence electrons. The first kappa shape index (κ1) is 24.2. The summed E-state index contributed by atoms with van der Waals surface area (Å²) in [7, 11) is 0. The van der Waals surface area contributed by atoms with E-state index in [0.717, 1.165) is 62.9 Å². The molecule has 1 aromatic heterocycles. The van der Waals surface area contributed by atoms with Crippen molar-refractivity contribution in [3.63, 3.8) is 0 Å². The van der Waals surface area contributed by atoms with E-state index < -0.39 is 0 Å². The normalized spacial score (nSPS) is 18.7. The average Bonchev–Trinajstić information content (AvgIpc) is 3.38. The van der Waals surface area contributed by atoms with E-state index in [1.54, 1.807) is 6.07 Å². The molecule has 36 heavy (non-hydrogen) atoms. The molecule has 8 nitrogen and oxygen atoms in total. The molecule has 0 saturated carbocycles. The minimum Gasteiger partial charge on any atom is -0.339 e. The van der Waals surface area contributed by atoms with Crippen LogP contribution in [-0.4, -0.2) is 57.9 Å². The summed E-state index contributed by atoms with van der Waals surface area (Å²) in [4.78, 5) is 35.0. The minimum absolute atomic E-state index is 0.00308. The van der Waals surface area contributed by atoms with Gasteiger partial charge in [-0.1, -0.05) is 41.1 Å². The zero-order valence-electron chi connectivity index (χ0n) is 20.8. The number of carbonyl (C=O) groups is 2. The first-order chi connectivity index (χ1) is 17.6. The van der Waals surface area contributed by atoms with Crippen molar-refractivity contribution in [2.24, 2.45) is 5.92 Å². The topological polar surface area (TPSA) is 91.6 Å². The van der Waals surface area contributed by atoms with Gasteiger partial charge in [0.15, 0.2) is 0 Å². The van der Waals surface area contributed by atoms with E-state index in [-0.39, 0.29) is 17.7 Å². The van der Waals surface area contributed by atoms with Gasteiger partial charge in [-0.05, 0) is 63.8 Å². The van der Waals surface area contributed by atoms with E-state index in [0.29, 0.717) is 36.1 Å². The Kier molecular flexibility index (Phi) is 7.41. The predicted octanol–water partition coefficient (Wildman–Crippen LogP) is 4.52. The number of nitrogens with one attached hydrogen (secondary N) is 1. The SMILES string of the molecule is Cc1cccc(-c2noc(CN3CCCC(C(=O)Nc4ccccc4C(=O)N4CCCCC4)C3)n2)c1. The smallest absolute Gasteiger partial charge is 0.255 e. The fraction of sp³-hybridized carbons (Fsp3) is 0.429. The number of aryl methyl sites for hydroxylation is 1. The van der Waals surface area contributed by atoms with Crippen LogP contribution >= 0.6 is 0 Å². The summed E-state index contributed by atoms with van der Waals surface area (Å²) in [5, 5.41) is 7.19. The molecule has 1 unspecified atom stereocenters. The quantitative estimate of drug-likeness (QED) is 0.550. The average molecular weight is 488 g/mol. The van der Waals surface area contributed by atoms with Crippen molar-refractivity contribution in [3.8, 4) is 11.4 Å². The number of rotatable bonds is 6. The number of piperidine rings is 2. The Morgan fingerprint density at radius 2 is 1.86 bits per heavy atom. The number of carbonyl (C=O) groups excluding carboxylic acids is 2. The second kappa shape index (κ2) is 11.0. The molecule has 0 aliphatic carbocycles. The molecule has 2 amide bonds. The van der Waals surface area contributed by atoms with Crippen LogP contribution in [0.2, 0.25) is 0 Å². The summed E-state index contributed by atoms with van der Waals surface area (Å²) >= 11 is 0. The molecule has 0 radical (unpaired) electrons. The summed E-state index contributed by atoms with van der Waals surface area (Å²) in [6.07, 6.45) is 4.95. The highest BCUT2D eigenvalue weighted by atomic mass is 16.5. The van der Waals surface area contributed by atoms with Gasteiger partial charge in [-0.2, -0.15) is 4.98 Å². The van der Waals surface area contributed by atoms with Crippen molar-refractivity contribution >= 4 is 17.5 Å². The van der Waals surface area contributed by atoms with E-state index in [4.69, 9.17) is 4.52 Å². The van der Waals surface area contributed by atoms with Gasteiger partial charge in [-0.15, -0.1) is 0 Å². The van der Waals surface area contributed by atoms with Gasteiger partial charge >= 0.3 is 0 Å². The Morgan fingerprint density at radius 3 is 2.69 bits per heavy atom. The van der Waals surface area contributed by atoms with E-state index in [1.807, 2.05) is 54.3 Å². The molecule has 2 saturated heterocycles. The Hall–Kier alpha value is -3.52. The molecular weight excluding hydrogens is 454 g/mol. The molecule has 3 aromatic rings. The highest BCUT2D eigenvalue weighted by Crippen LogP contribution is 2.24. The Labute approximate surface area is 211 Å². The van der Waals surface area contributed by atoms with Crippen molar-refractivity contribution in [3.05, 3.63) is 65.5 Å². The predicted molar refractivity (Wildman–Crippen MR) is 137 cm³/mol. The molecule has 1 N–H and O–H groups in total. The number of likely N-dealkylation sites (tertiary alicyclic amines) is 2. The zero-order valence-corrected chi connectivity index (χ0v) is 20.8. The van der Waals surface area contributed by atoms with Crippen LogP contribution in [0.15, 0.2) is 53.1 Å². The maximum absolute atomic E-state index is 13.2. The lowest BCUT2D eigenvalue weighted by Crippen LogP contribution is -2.40. The van der Waals surface area contributed by atoms with Gasteiger partial charge in [0.1, 0.15) is 0 Å². The third-order valence-corrected chi connectivity index (χ3v) is 7.04. The van der Waals surface area contributed by atoms with Crippen molar-refractivity contribution in [1.29, 1.82) is 0 Å². The van der Waals surface area contributed by atoms with E-state index in [1.165, 1.54) is 0 Å². The number of anilines is 1. The molecule has 0 spiro atoms. The molecular formula is C28H33N5O3. The number of amides is 2. The van der Waals surface area contributed by atoms with Gasteiger partial charge in [0.05, 0.1) is 23.7 Å². The number of hydrogen-bond donors (Lipinski definition) is 1. The highest BCUT2D eigenvalue weighted by Gasteiger charge is 2.28. The van der Waals surface area contributed by atoms with Gasteiger partial charge in [-0.3, -0.25) is 14.5 Å². The fourth-order valence-corrected chi connectivity index (χ4v) is 5.11. The first-order valence-electron chi connectivity index (χ1n) is 12.9. The van der Waals surface area contributed by atoms with E-state index >= 15 is 0 Å². The van der Waals surface area contributed by atoms with Crippen LogP contribution in [0.1, 0.15) is 53.9 Å². The second-order valence-electron chi connectivity index (χ2n) is 9.84. The zero-order chi connectivity index (χ0) is 24.9. The summed E-state index contributed by atoms with van der Waals surface area (Å²) in [5.41, 5.74) is 3.23. The molecule has 2 aliphatic heterocycles. The molecule has 0 bridgehead atoms. The van der Waals surface area contributed by atoms with Crippen molar-refractivity contribution < 1.29 is 14.1 Å². The number of para-hydroxylation sites is 1. The monoisotopic (exact) mass is 487 g/mol. The van der Waals surface area contributed by atoms with Crippen LogP contribution in [0.5, 0.6) is 0 Å². The molecule has 2 aromatic carbocycles. The van der Waals surface area contributed by atoms with Gasteiger partial charge in [-0.25, -0.2) is 0 Å². The maximum atomic E-state index is 13.2. The van der Waals surface area contributed by atoms with Crippen LogP contribution in [0.3, 0.4) is 0 Å². The molecule has 5 rings (SSSR count). The van der Waals surface area contributed by atoms with Crippen LogP contribution < -0.4 is 5.32 Å². The molecule has 2 fully saturated rings. The van der Waals surface area contributed by atoms with Crippen LogP contribution in [0, 0.1) is 12.8 Å². The van der Waals surface area contributed by atoms with Crippen molar-refractivity contribution in [2.45, 2.75) is 45.6 Å². The lowest BCUT2D eigenvalue weighted by molar-refractivity contribution is -0.121. The standard InChI is InChI=1S/C28H33N5O3/c1-20-9-7-10-21(17-20)26-30-25(36-31-26)19-32-14-8-11-22(18-32)27(34)29-24-13-4-3-12-23(24)28(35)33-15-5-2-6-16-33/h3-4,7,9-10,12-13,17,22H,2,5-6,8,11,14-16,18-19H2,1H3,(H,29,34).